The van der Waals surface area contributed by atoms with Crippen LogP contribution in [0.1, 0.15) is 52.4 Å². The number of aromatic nitrogens is 1. The van der Waals surface area contributed by atoms with Crippen LogP contribution in [0.3, 0.4) is 0 Å². The first-order chi connectivity index (χ1) is 13.1. The molecular weight excluding hydrogens is 340 g/mol. The SMILES string of the molecule is CCCCOc1ccc(NC(=O)C2(OC)CCC(C)CC2)c2cccnc12. The number of pyridine rings is 1. The molecule has 5 nitrogen and oxygen atoms in total. The molecular formula is C22H30N2O3. The number of carbonyl (C=O) groups is 1. The van der Waals surface area contributed by atoms with Gasteiger partial charge in [-0.2, -0.15) is 0 Å². The zero-order chi connectivity index (χ0) is 19.3. The molecule has 1 aromatic heterocycles. The summed E-state index contributed by atoms with van der Waals surface area (Å²) < 4.78 is 11.6. The number of benzene rings is 1. The summed E-state index contributed by atoms with van der Waals surface area (Å²) in [5.74, 6) is 1.33. The van der Waals surface area contributed by atoms with Crippen LogP contribution >= 0.6 is 0 Å². The number of carbonyl (C=O) groups excluding carboxylic acids is 1. The highest BCUT2D eigenvalue weighted by molar-refractivity contribution is 6.05. The Hall–Kier alpha value is -2.14. The van der Waals surface area contributed by atoms with Crippen molar-refractivity contribution >= 4 is 22.5 Å². The minimum absolute atomic E-state index is 0.0679. The number of hydrogen-bond donors (Lipinski definition) is 1. The maximum atomic E-state index is 13.1. The van der Waals surface area contributed by atoms with Gasteiger partial charge in [0.15, 0.2) is 0 Å². The maximum Gasteiger partial charge on any atom is 0.256 e. The van der Waals surface area contributed by atoms with E-state index in [4.69, 9.17) is 9.47 Å². The van der Waals surface area contributed by atoms with E-state index in [0.29, 0.717) is 12.5 Å². The Morgan fingerprint density at radius 2 is 2.07 bits per heavy atom. The normalized spacial score (nSPS) is 22.6. The fraction of sp³-hybridized carbons (Fsp3) is 0.545. The summed E-state index contributed by atoms with van der Waals surface area (Å²) >= 11 is 0. The minimum atomic E-state index is -0.739. The van der Waals surface area contributed by atoms with Crippen molar-refractivity contribution in [2.75, 3.05) is 19.0 Å². The predicted molar refractivity (Wildman–Crippen MR) is 108 cm³/mol. The Morgan fingerprint density at radius 1 is 1.30 bits per heavy atom. The standard InChI is InChI=1S/C22H30N2O3/c1-4-5-15-27-19-9-8-18(17-7-6-14-23-20(17)19)24-21(25)22(26-3)12-10-16(2)11-13-22/h6-9,14,16H,4-5,10-13,15H2,1-3H3,(H,24,25). The van der Waals surface area contributed by atoms with E-state index in [1.54, 1.807) is 13.3 Å². The second-order valence-electron chi connectivity index (χ2n) is 7.55. The Kier molecular flexibility index (Phi) is 6.32. The van der Waals surface area contributed by atoms with Crippen molar-refractivity contribution in [1.29, 1.82) is 0 Å². The number of fused-ring (bicyclic) bond motifs is 1. The van der Waals surface area contributed by atoms with Crippen molar-refractivity contribution in [3.05, 3.63) is 30.5 Å². The molecule has 1 aliphatic carbocycles. The molecule has 0 bridgehead atoms. The van der Waals surface area contributed by atoms with E-state index in [9.17, 15) is 4.79 Å². The van der Waals surface area contributed by atoms with Gasteiger partial charge in [-0.3, -0.25) is 9.78 Å². The average molecular weight is 370 g/mol. The van der Waals surface area contributed by atoms with Gasteiger partial charge in [0.1, 0.15) is 16.9 Å². The Balaban J connectivity index is 1.84. The molecule has 146 valence electrons. The first-order valence-electron chi connectivity index (χ1n) is 9.97. The quantitative estimate of drug-likeness (QED) is 0.701. The number of ether oxygens (including phenoxy) is 2. The van der Waals surface area contributed by atoms with Gasteiger partial charge in [-0.1, -0.05) is 20.3 Å². The van der Waals surface area contributed by atoms with Crippen molar-refractivity contribution in [3.8, 4) is 5.75 Å². The van der Waals surface area contributed by atoms with Gasteiger partial charge in [-0.15, -0.1) is 0 Å². The van der Waals surface area contributed by atoms with Crippen LogP contribution in [0.25, 0.3) is 10.9 Å². The number of unbranched alkanes of at least 4 members (excludes halogenated alkanes) is 1. The van der Waals surface area contributed by atoms with Gasteiger partial charge in [-0.05, 0) is 62.3 Å². The van der Waals surface area contributed by atoms with Crippen LogP contribution < -0.4 is 10.1 Å². The molecule has 2 aromatic rings. The second kappa shape index (κ2) is 8.70. The molecule has 0 unspecified atom stereocenters. The van der Waals surface area contributed by atoms with Crippen molar-refractivity contribution in [1.82, 2.24) is 4.98 Å². The van der Waals surface area contributed by atoms with E-state index in [2.05, 4.69) is 24.1 Å². The van der Waals surface area contributed by atoms with Crippen LogP contribution in [-0.4, -0.2) is 30.2 Å². The van der Waals surface area contributed by atoms with E-state index in [-0.39, 0.29) is 5.91 Å². The van der Waals surface area contributed by atoms with Gasteiger partial charge >= 0.3 is 0 Å². The third-order valence-electron chi connectivity index (χ3n) is 5.62. The van der Waals surface area contributed by atoms with Crippen molar-refractivity contribution < 1.29 is 14.3 Å². The molecule has 3 rings (SSSR count). The van der Waals surface area contributed by atoms with Crippen LogP contribution in [0.2, 0.25) is 0 Å². The van der Waals surface area contributed by atoms with E-state index in [0.717, 1.165) is 60.9 Å². The number of methoxy groups -OCH3 is 1. The molecule has 1 saturated carbocycles. The van der Waals surface area contributed by atoms with E-state index < -0.39 is 5.60 Å². The number of nitrogens with one attached hydrogen (secondary N) is 1. The molecule has 1 fully saturated rings. The van der Waals surface area contributed by atoms with Gasteiger partial charge in [0, 0.05) is 18.7 Å². The summed E-state index contributed by atoms with van der Waals surface area (Å²) in [5, 5.41) is 3.98. The molecule has 1 amide bonds. The molecule has 27 heavy (non-hydrogen) atoms. The lowest BCUT2D eigenvalue weighted by Crippen LogP contribution is -2.47. The van der Waals surface area contributed by atoms with Crippen LogP contribution in [-0.2, 0) is 9.53 Å². The molecule has 1 heterocycles. The first kappa shape index (κ1) is 19.6. The fourth-order valence-corrected chi connectivity index (χ4v) is 3.69. The highest BCUT2D eigenvalue weighted by atomic mass is 16.5. The van der Waals surface area contributed by atoms with Crippen molar-refractivity contribution in [2.45, 2.75) is 58.0 Å². The number of rotatable bonds is 7. The Labute approximate surface area is 161 Å². The lowest BCUT2D eigenvalue weighted by atomic mass is 9.79. The monoisotopic (exact) mass is 370 g/mol. The van der Waals surface area contributed by atoms with Crippen molar-refractivity contribution in [3.63, 3.8) is 0 Å². The minimum Gasteiger partial charge on any atom is -0.491 e. The first-order valence-corrected chi connectivity index (χ1v) is 9.97. The zero-order valence-corrected chi connectivity index (χ0v) is 16.6. The molecule has 0 atom stereocenters. The van der Waals surface area contributed by atoms with Crippen LogP contribution in [0, 0.1) is 5.92 Å². The second-order valence-corrected chi connectivity index (χ2v) is 7.55. The summed E-state index contributed by atoms with van der Waals surface area (Å²) in [6, 6.07) is 7.64. The summed E-state index contributed by atoms with van der Waals surface area (Å²) in [5.41, 5.74) is 0.785. The maximum absolute atomic E-state index is 13.1. The molecule has 1 aromatic carbocycles. The van der Waals surface area contributed by atoms with E-state index >= 15 is 0 Å². The van der Waals surface area contributed by atoms with Crippen LogP contribution in [0.4, 0.5) is 5.69 Å². The van der Waals surface area contributed by atoms with Crippen molar-refractivity contribution in [2.24, 2.45) is 5.92 Å². The number of hydrogen-bond acceptors (Lipinski definition) is 4. The molecule has 0 radical (unpaired) electrons. The van der Waals surface area contributed by atoms with E-state index in [1.165, 1.54) is 0 Å². The molecule has 0 spiro atoms. The molecule has 5 heteroatoms. The lowest BCUT2D eigenvalue weighted by molar-refractivity contribution is -0.142. The zero-order valence-electron chi connectivity index (χ0n) is 16.6. The number of amides is 1. The largest absolute Gasteiger partial charge is 0.491 e. The highest BCUT2D eigenvalue weighted by Gasteiger charge is 2.41. The molecule has 1 aliphatic rings. The summed E-state index contributed by atoms with van der Waals surface area (Å²) in [7, 11) is 1.64. The number of nitrogens with zero attached hydrogens (tertiary/aromatic N) is 1. The Morgan fingerprint density at radius 3 is 2.78 bits per heavy atom. The fourth-order valence-electron chi connectivity index (χ4n) is 3.69. The molecule has 1 N–H and O–H groups in total. The third kappa shape index (κ3) is 4.24. The van der Waals surface area contributed by atoms with Crippen LogP contribution in [0.15, 0.2) is 30.5 Å². The van der Waals surface area contributed by atoms with Crippen LogP contribution in [0.5, 0.6) is 5.75 Å². The molecule has 0 saturated heterocycles. The van der Waals surface area contributed by atoms with Gasteiger partial charge in [-0.25, -0.2) is 0 Å². The highest BCUT2D eigenvalue weighted by Crippen LogP contribution is 2.36. The van der Waals surface area contributed by atoms with Gasteiger partial charge in [0.25, 0.3) is 5.91 Å². The molecule has 0 aliphatic heterocycles. The van der Waals surface area contributed by atoms with Gasteiger partial charge < -0.3 is 14.8 Å². The Bertz CT molecular complexity index is 782. The van der Waals surface area contributed by atoms with Gasteiger partial charge in [0.2, 0.25) is 0 Å². The summed E-state index contributed by atoms with van der Waals surface area (Å²) in [4.78, 5) is 17.6. The topological polar surface area (TPSA) is 60.5 Å². The lowest BCUT2D eigenvalue weighted by Gasteiger charge is -2.36. The average Bonchev–Trinajstić information content (AvgIpc) is 2.70. The van der Waals surface area contributed by atoms with E-state index in [1.807, 2.05) is 24.3 Å². The van der Waals surface area contributed by atoms with Gasteiger partial charge in [0.05, 0.1) is 12.3 Å². The summed E-state index contributed by atoms with van der Waals surface area (Å²) in [6.07, 6.45) is 7.36. The smallest absolute Gasteiger partial charge is 0.256 e. The predicted octanol–water partition coefficient (Wildman–Crippen LogP) is 4.95. The summed E-state index contributed by atoms with van der Waals surface area (Å²) in [6.45, 7) is 5.03. The third-order valence-corrected chi connectivity index (χ3v) is 5.62. The number of anilines is 1.